The number of aromatic nitrogens is 1. The molecule has 3 nitrogen and oxygen atoms in total. The Bertz CT molecular complexity index is 894. The van der Waals surface area contributed by atoms with Crippen LogP contribution in [0.5, 0.6) is 0 Å². The van der Waals surface area contributed by atoms with Gasteiger partial charge < -0.3 is 0 Å². The van der Waals surface area contributed by atoms with Crippen molar-refractivity contribution in [2.24, 2.45) is 0 Å². The van der Waals surface area contributed by atoms with Crippen molar-refractivity contribution >= 4 is 34.0 Å². The van der Waals surface area contributed by atoms with E-state index < -0.39 is 0 Å². The second-order valence-electron chi connectivity index (χ2n) is 5.75. The number of thiazole rings is 1. The monoisotopic (exact) mass is 356 g/mol. The van der Waals surface area contributed by atoms with Crippen molar-refractivity contribution in [1.82, 2.24) is 4.98 Å². The van der Waals surface area contributed by atoms with Crippen LogP contribution in [-0.4, -0.2) is 10.9 Å². The third-order valence-electron chi connectivity index (χ3n) is 3.78. The van der Waals surface area contributed by atoms with Crippen molar-refractivity contribution < 1.29 is 4.79 Å². The van der Waals surface area contributed by atoms with Crippen LogP contribution in [0.15, 0.2) is 41.8 Å². The first kappa shape index (κ1) is 16.7. The van der Waals surface area contributed by atoms with Crippen LogP contribution in [0.1, 0.15) is 27.0 Å². The van der Waals surface area contributed by atoms with E-state index >= 15 is 0 Å². The topological polar surface area (TPSA) is 42.0 Å². The summed E-state index contributed by atoms with van der Waals surface area (Å²) in [6.45, 7) is 6.24. The molecule has 0 aliphatic carbocycles. The summed E-state index contributed by atoms with van der Waals surface area (Å²) < 4.78 is 0. The molecule has 1 aromatic heterocycles. The number of anilines is 1. The molecule has 122 valence electrons. The maximum absolute atomic E-state index is 12.3. The molecule has 0 aliphatic rings. The number of hydrogen-bond donors (Lipinski definition) is 1. The number of carbonyl (C=O) groups is 1. The first-order chi connectivity index (χ1) is 11.5. The number of aryl methyl sites for hydroxylation is 3. The number of carbonyl (C=O) groups excluding carboxylic acids is 1. The van der Waals surface area contributed by atoms with Crippen molar-refractivity contribution in [3.05, 3.63) is 69.1 Å². The number of amides is 1. The predicted molar refractivity (Wildman–Crippen MR) is 101 cm³/mol. The lowest BCUT2D eigenvalue weighted by atomic mass is 9.98. The Hall–Kier alpha value is -2.17. The minimum atomic E-state index is -0.251. The van der Waals surface area contributed by atoms with Gasteiger partial charge in [-0.25, -0.2) is 4.98 Å². The quantitative estimate of drug-likeness (QED) is 0.659. The molecule has 0 unspecified atom stereocenters. The molecule has 0 radical (unpaired) electrons. The largest absolute Gasteiger partial charge is 0.298 e. The molecule has 0 bridgehead atoms. The van der Waals surface area contributed by atoms with Gasteiger partial charge in [0.25, 0.3) is 5.91 Å². The zero-order chi connectivity index (χ0) is 17.3. The van der Waals surface area contributed by atoms with Gasteiger partial charge in [-0.2, -0.15) is 0 Å². The standard InChI is InChI=1S/C19H17ClN2OS/c1-11-8-12(2)17(13(3)9-11)16-10-24-19(21-16)22-18(23)14-6-4-5-7-15(14)20/h4-10H,1-3H3,(H,21,22,23). The molecule has 0 atom stereocenters. The van der Waals surface area contributed by atoms with E-state index in [0.717, 1.165) is 11.3 Å². The summed E-state index contributed by atoms with van der Waals surface area (Å²) in [5.41, 5.74) is 6.04. The van der Waals surface area contributed by atoms with Crippen molar-refractivity contribution in [2.75, 3.05) is 5.32 Å². The van der Waals surface area contributed by atoms with E-state index in [1.165, 1.54) is 28.0 Å². The van der Waals surface area contributed by atoms with Gasteiger partial charge in [-0.05, 0) is 44.0 Å². The third-order valence-corrected chi connectivity index (χ3v) is 4.86. The van der Waals surface area contributed by atoms with Crippen molar-refractivity contribution in [3.63, 3.8) is 0 Å². The molecule has 0 spiro atoms. The number of rotatable bonds is 3. The average Bonchev–Trinajstić information content (AvgIpc) is 2.94. The Morgan fingerprint density at radius 3 is 2.46 bits per heavy atom. The van der Waals surface area contributed by atoms with E-state index in [1.54, 1.807) is 24.3 Å². The molecule has 1 amide bonds. The lowest BCUT2D eigenvalue weighted by Crippen LogP contribution is -2.12. The van der Waals surface area contributed by atoms with Gasteiger partial charge in [0.05, 0.1) is 16.3 Å². The normalized spacial score (nSPS) is 10.7. The second kappa shape index (κ2) is 6.75. The fraction of sp³-hybridized carbons (Fsp3) is 0.158. The Balaban J connectivity index is 1.87. The summed E-state index contributed by atoms with van der Waals surface area (Å²) >= 11 is 7.47. The van der Waals surface area contributed by atoms with Gasteiger partial charge in [0, 0.05) is 10.9 Å². The zero-order valence-electron chi connectivity index (χ0n) is 13.7. The van der Waals surface area contributed by atoms with Gasteiger partial charge in [-0.1, -0.05) is 41.4 Å². The maximum atomic E-state index is 12.3. The highest BCUT2D eigenvalue weighted by Crippen LogP contribution is 2.31. The Morgan fingerprint density at radius 1 is 1.12 bits per heavy atom. The summed E-state index contributed by atoms with van der Waals surface area (Å²) in [7, 11) is 0. The molecule has 1 N–H and O–H groups in total. The fourth-order valence-electron chi connectivity index (χ4n) is 2.84. The summed E-state index contributed by atoms with van der Waals surface area (Å²) in [5, 5.41) is 5.78. The summed E-state index contributed by atoms with van der Waals surface area (Å²) in [4.78, 5) is 16.9. The summed E-state index contributed by atoms with van der Waals surface area (Å²) in [6, 6.07) is 11.3. The number of benzene rings is 2. The highest BCUT2D eigenvalue weighted by molar-refractivity contribution is 7.14. The van der Waals surface area contributed by atoms with Gasteiger partial charge >= 0.3 is 0 Å². The van der Waals surface area contributed by atoms with Crippen molar-refractivity contribution in [1.29, 1.82) is 0 Å². The van der Waals surface area contributed by atoms with Crippen LogP contribution in [0, 0.1) is 20.8 Å². The molecule has 1 heterocycles. The Kier molecular flexibility index (Phi) is 4.69. The van der Waals surface area contributed by atoms with Gasteiger partial charge in [0.15, 0.2) is 5.13 Å². The molecular weight excluding hydrogens is 340 g/mol. The SMILES string of the molecule is Cc1cc(C)c(-c2csc(NC(=O)c3ccccc3Cl)n2)c(C)c1. The average molecular weight is 357 g/mol. The number of nitrogens with zero attached hydrogens (tertiary/aromatic N) is 1. The lowest BCUT2D eigenvalue weighted by molar-refractivity contribution is 0.102. The van der Waals surface area contributed by atoms with Crippen molar-refractivity contribution in [2.45, 2.75) is 20.8 Å². The molecule has 24 heavy (non-hydrogen) atoms. The minimum Gasteiger partial charge on any atom is -0.298 e. The van der Waals surface area contributed by atoms with Crippen LogP contribution >= 0.6 is 22.9 Å². The van der Waals surface area contributed by atoms with Gasteiger partial charge in [0.1, 0.15) is 0 Å². The van der Waals surface area contributed by atoms with Crippen LogP contribution in [0.3, 0.4) is 0 Å². The summed E-state index contributed by atoms with van der Waals surface area (Å²) in [6.07, 6.45) is 0. The number of nitrogens with one attached hydrogen (secondary N) is 1. The third kappa shape index (κ3) is 3.35. The van der Waals surface area contributed by atoms with Gasteiger partial charge in [-0.15, -0.1) is 11.3 Å². The van der Waals surface area contributed by atoms with Crippen LogP contribution in [0.25, 0.3) is 11.3 Å². The molecule has 0 saturated heterocycles. The van der Waals surface area contributed by atoms with E-state index in [4.69, 9.17) is 11.6 Å². The Labute approximate surface area is 150 Å². The Morgan fingerprint density at radius 2 is 1.79 bits per heavy atom. The fourth-order valence-corrected chi connectivity index (χ4v) is 3.76. The molecular formula is C19H17ClN2OS. The van der Waals surface area contributed by atoms with Gasteiger partial charge in [-0.3, -0.25) is 10.1 Å². The first-order valence-corrected chi connectivity index (χ1v) is 8.81. The number of hydrogen-bond acceptors (Lipinski definition) is 3. The molecule has 3 rings (SSSR count). The first-order valence-electron chi connectivity index (χ1n) is 7.55. The highest BCUT2D eigenvalue weighted by atomic mass is 35.5. The van der Waals surface area contributed by atoms with Crippen LogP contribution in [-0.2, 0) is 0 Å². The zero-order valence-corrected chi connectivity index (χ0v) is 15.3. The van der Waals surface area contributed by atoms with E-state index in [2.05, 4.69) is 43.2 Å². The summed E-state index contributed by atoms with van der Waals surface area (Å²) in [5.74, 6) is -0.251. The molecule has 3 aromatic rings. The van der Waals surface area contributed by atoms with Crippen LogP contribution in [0.2, 0.25) is 5.02 Å². The molecule has 0 fully saturated rings. The number of halogens is 1. The van der Waals surface area contributed by atoms with Gasteiger partial charge in [0.2, 0.25) is 0 Å². The van der Waals surface area contributed by atoms with Crippen LogP contribution < -0.4 is 5.32 Å². The molecule has 2 aromatic carbocycles. The maximum Gasteiger partial charge on any atom is 0.258 e. The van der Waals surface area contributed by atoms with E-state index in [9.17, 15) is 4.79 Å². The molecule has 0 saturated carbocycles. The second-order valence-corrected chi connectivity index (χ2v) is 7.01. The smallest absolute Gasteiger partial charge is 0.258 e. The predicted octanol–water partition coefficient (Wildman–Crippen LogP) is 5.64. The van der Waals surface area contributed by atoms with E-state index in [0.29, 0.717) is 15.7 Å². The molecule has 5 heteroatoms. The lowest BCUT2D eigenvalue weighted by Gasteiger charge is -2.08. The highest BCUT2D eigenvalue weighted by Gasteiger charge is 2.14. The van der Waals surface area contributed by atoms with Crippen molar-refractivity contribution in [3.8, 4) is 11.3 Å². The van der Waals surface area contributed by atoms with E-state index in [1.807, 2.05) is 5.38 Å². The van der Waals surface area contributed by atoms with Crippen LogP contribution in [0.4, 0.5) is 5.13 Å². The molecule has 0 aliphatic heterocycles. The minimum absolute atomic E-state index is 0.251. The van der Waals surface area contributed by atoms with E-state index in [-0.39, 0.29) is 5.91 Å².